The van der Waals surface area contributed by atoms with Gasteiger partial charge in [0.15, 0.2) is 6.10 Å². The molecule has 0 aromatic heterocycles. The van der Waals surface area contributed by atoms with Gasteiger partial charge in [-0.1, -0.05) is 44.2 Å². The molecule has 2 bridgehead atoms. The molecule has 1 aromatic carbocycles. The Labute approximate surface area is 247 Å². The maximum atomic E-state index is 13.0. The van der Waals surface area contributed by atoms with Crippen molar-refractivity contribution >= 4 is 23.4 Å². The van der Waals surface area contributed by atoms with Crippen LogP contribution in [0.3, 0.4) is 0 Å². The van der Waals surface area contributed by atoms with Crippen LogP contribution in [-0.4, -0.2) is 72.5 Å². The summed E-state index contributed by atoms with van der Waals surface area (Å²) in [6, 6.07) is 1.28. The van der Waals surface area contributed by atoms with Crippen LogP contribution >= 0.6 is 0 Å². The zero-order chi connectivity index (χ0) is 31.6. The van der Waals surface area contributed by atoms with Gasteiger partial charge in [0.25, 0.3) is 5.91 Å². The highest BCUT2D eigenvalue weighted by Gasteiger charge is 2.30. The standard InChI is InChI=1S/C31H45N3O8/c1-8-12-33-26-21-13-17(2)14-25(41-7)27(36)19(4)15-20(5)29(42-31(32)39)24(40-6)11-9-10-18(3)30(38)34-22(28(21)37)16-23(26)35/h8-11,15-17,19,24-25,27,29,33,35-37H,1,12-14H2,2-7H3,(H2,32,39)(H,34,38)/b11-9+,18-10+,20-15+/t17-,19+,24+,25+,27-,29+/m0/s1. The predicted molar refractivity (Wildman–Crippen MR) is 162 cm³/mol. The van der Waals surface area contributed by atoms with E-state index in [1.165, 1.54) is 26.4 Å². The highest BCUT2D eigenvalue weighted by atomic mass is 16.6. The van der Waals surface area contributed by atoms with Crippen molar-refractivity contribution in [2.24, 2.45) is 17.6 Å². The molecule has 2 rings (SSSR count). The normalized spacial score (nSPS) is 29.3. The molecule has 0 spiro atoms. The van der Waals surface area contributed by atoms with Crippen LogP contribution in [0.5, 0.6) is 11.5 Å². The third-order valence-electron chi connectivity index (χ3n) is 7.25. The minimum Gasteiger partial charge on any atom is -0.506 e. The van der Waals surface area contributed by atoms with Crippen LogP contribution < -0.4 is 16.4 Å². The summed E-state index contributed by atoms with van der Waals surface area (Å²) in [6.07, 6.45) is 4.64. The molecule has 42 heavy (non-hydrogen) atoms. The molecule has 0 saturated carbocycles. The number of hydrogen-bond donors (Lipinski definition) is 6. The Kier molecular flexibility index (Phi) is 13.1. The van der Waals surface area contributed by atoms with Gasteiger partial charge in [-0.2, -0.15) is 0 Å². The van der Waals surface area contributed by atoms with Gasteiger partial charge in [-0.15, -0.1) is 6.58 Å². The van der Waals surface area contributed by atoms with E-state index in [4.69, 9.17) is 19.9 Å². The predicted octanol–water partition coefficient (Wildman–Crippen LogP) is 4.16. The zero-order valence-electron chi connectivity index (χ0n) is 25.2. The third kappa shape index (κ3) is 9.10. The lowest BCUT2D eigenvalue weighted by molar-refractivity contribution is -0.112. The maximum absolute atomic E-state index is 13.0. The number of fused-ring (bicyclic) bond motifs is 2. The molecule has 232 valence electrons. The SMILES string of the molecule is C=CCNc1c(O)cc2c(O)c1C[C@H](C)C[C@@H](OC)[C@@H](O)[C@H](C)/C=C(\C)[C@@H](OC(N)=O)[C@H](OC)/C=C/C=C(\C)C(=O)N2. The van der Waals surface area contributed by atoms with Crippen LogP contribution in [0, 0.1) is 11.8 Å². The van der Waals surface area contributed by atoms with E-state index in [-0.39, 0.29) is 23.1 Å². The fourth-order valence-electron chi connectivity index (χ4n) is 4.98. The Balaban J connectivity index is 2.67. The fourth-order valence-corrected chi connectivity index (χ4v) is 4.98. The molecule has 1 aliphatic heterocycles. The summed E-state index contributed by atoms with van der Waals surface area (Å²) in [5.41, 5.74) is 7.01. The molecule has 1 heterocycles. The molecule has 0 radical (unpaired) electrons. The van der Waals surface area contributed by atoms with Crippen molar-refractivity contribution in [1.82, 2.24) is 0 Å². The van der Waals surface area contributed by atoms with E-state index in [9.17, 15) is 24.9 Å². The van der Waals surface area contributed by atoms with Gasteiger partial charge in [0.05, 0.1) is 23.6 Å². The molecule has 1 aromatic rings. The first kappa shape index (κ1) is 34.4. The Morgan fingerprint density at radius 1 is 1.24 bits per heavy atom. The summed E-state index contributed by atoms with van der Waals surface area (Å²) in [5.74, 6) is -1.41. The molecule has 2 amide bonds. The number of methoxy groups -OCH3 is 2. The van der Waals surface area contributed by atoms with E-state index in [0.29, 0.717) is 41.8 Å². The Bertz CT molecular complexity index is 1210. The highest BCUT2D eigenvalue weighted by molar-refractivity contribution is 6.04. The van der Waals surface area contributed by atoms with Gasteiger partial charge in [0.1, 0.15) is 17.6 Å². The number of phenols is 2. The molecule has 0 unspecified atom stereocenters. The zero-order valence-corrected chi connectivity index (χ0v) is 25.2. The lowest BCUT2D eigenvalue weighted by Gasteiger charge is -2.29. The number of rotatable bonds is 6. The first-order valence-electron chi connectivity index (χ1n) is 13.8. The minimum absolute atomic E-state index is 0.0416. The number of carbonyl (C=O) groups excluding carboxylic acids is 2. The Morgan fingerprint density at radius 3 is 2.52 bits per heavy atom. The largest absolute Gasteiger partial charge is 0.506 e. The number of nitrogens with two attached hydrogens (primary N) is 1. The minimum atomic E-state index is -0.990. The summed E-state index contributed by atoms with van der Waals surface area (Å²) in [6.45, 7) is 11.1. The number of carbonyl (C=O) groups is 2. The quantitative estimate of drug-likeness (QED) is 0.162. The van der Waals surface area contributed by atoms with Crippen LogP contribution in [-0.2, 0) is 25.4 Å². The molecule has 11 nitrogen and oxygen atoms in total. The van der Waals surface area contributed by atoms with Gasteiger partial charge in [-0.05, 0) is 38.2 Å². The van der Waals surface area contributed by atoms with Crippen LogP contribution in [0.1, 0.15) is 39.7 Å². The first-order chi connectivity index (χ1) is 19.8. The van der Waals surface area contributed by atoms with E-state index in [0.717, 1.165) is 0 Å². The molecule has 0 saturated heterocycles. The molecule has 1 aliphatic rings. The lowest BCUT2D eigenvalue weighted by Crippen LogP contribution is -2.37. The Morgan fingerprint density at radius 2 is 1.93 bits per heavy atom. The van der Waals surface area contributed by atoms with Crippen molar-refractivity contribution < 1.29 is 39.1 Å². The van der Waals surface area contributed by atoms with E-state index in [1.54, 1.807) is 38.2 Å². The average Bonchev–Trinajstić information content (AvgIpc) is 2.94. The summed E-state index contributed by atoms with van der Waals surface area (Å²) >= 11 is 0. The summed E-state index contributed by atoms with van der Waals surface area (Å²) < 4.78 is 16.6. The number of nitrogens with one attached hydrogen (secondary N) is 2. The number of phenolic OH excluding ortho intramolecular Hbond substituents is 2. The van der Waals surface area contributed by atoms with Crippen molar-refractivity contribution in [2.45, 2.75) is 65.0 Å². The molecular weight excluding hydrogens is 542 g/mol. The number of aliphatic hydroxyl groups excluding tert-OH is 1. The first-order valence-corrected chi connectivity index (χ1v) is 13.8. The summed E-state index contributed by atoms with van der Waals surface area (Å²) in [4.78, 5) is 24.7. The third-order valence-corrected chi connectivity index (χ3v) is 7.25. The van der Waals surface area contributed by atoms with Crippen molar-refractivity contribution in [3.63, 3.8) is 0 Å². The number of aliphatic hydroxyl groups is 1. The second-order valence-electron chi connectivity index (χ2n) is 10.6. The Hall–Kier alpha value is -3.80. The van der Waals surface area contributed by atoms with Gasteiger partial charge in [0, 0.05) is 43.9 Å². The molecule has 6 atom stereocenters. The number of allylic oxidation sites excluding steroid dienone is 2. The topological polar surface area (TPSA) is 173 Å². The molecule has 7 N–H and O–H groups in total. The van der Waals surface area contributed by atoms with Crippen molar-refractivity contribution in [3.05, 3.63) is 59.7 Å². The van der Waals surface area contributed by atoms with E-state index < -0.39 is 42.3 Å². The fraction of sp³-hybridized carbons (Fsp3) is 0.484. The lowest BCUT2D eigenvalue weighted by atomic mass is 9.87. The van der Waals surface area contributed by atoms with Gasteiger partial charge < -0.3 is 45.9 Å². The highest BCUT2D eigenvalue weighted by Crippen LogP contribution is 2.42. The second kappa shape index (κ2) is 16.0. The molecular formula is C31H45N3O8. The smallest absolute Gasteiger partial charge is 0.405 e. The number of anilines is 2. The van der Waals surface area contributed by atoms with Gasteiger partial charge >= 0.3 is 6.09 Å². The molecule has 11 heteroatoms. The molecule has 0 fully saturated rings. The number of hydrogen-bond acceptors (Lipinski definition) is 9. The van der Waals surface area contributed by atoms with Crippen LogP contribution in [0.15, 0.2) is 54.2 Å². The number of aromatic hydroxyl groups is 2. The van der Waals surface area contributed by atoms with E-state index in [2.05, 4.69) is 17.2 Å². The van der Waals surface area contributed by atoms with Crippen molar-refractivity contribution in [2.75, 3.05) is 31.4 Å². The number of amides is 2. The number of benzene rings is 1. The van der Waals surface area contributed by atoms with Crippen LogP contribution in [0.4, 0.5) is 16.2 Å². The van der Waals surface area contributed by atoms with Gasteiger partial charge in [0.2, 0.25) is 0 Å². The van der Waals surface area contributed by atoms with E-state index in [1.807, 2.05) is 13.8 Å². The summed E-state index contributed by atoms with van der Waals surface area (Å²) in [7, 11) is 2.95. The number of primary amides is 1. The average molecular weight is 588 g/mol. The van der Waals surface area contributed by atoms with Crippen molar-refractivity contribution in [3.8, 4) is 11.5 Å². The molecule has 0 aliphatic carbocycles. The van der Waals surface area contributed by atoms with E-state index >= 15 is 0 Å². The van der Waals surface area contributed by atoms with Gasteiger partial charge in [-0.3, -0.25) is 4.79 Å². The summed E-state index contributed by atoms with van der Waals surface area (Å²) in [5, 5.41) is 39.1. The second-order valence-corrected chi connectivity index (χ2v) is 10.6. The van der Waals surface area contributed by atoms with Crippen molar-refractivity contribution in [1.29, 1.82) is 0 Å². The van der Waals surface area contributed by atoms with Gasteiger partial charge in [-0.25, -0.2) is 4.79 Å². The van der Waals surface area contributed by atoms with Crippen LogP contribution in [0.25, 0.3) is 0 Å². The number of ether oxygens (including phenoxy) is 3. The van der Waals surface area contributed by atoms with Crippen LogP contribution in [0.2, 0.25) is 0 Å². The maximum Gasteiger partial charge on any atom is 0.405 e. The monoisotopic (exact) mass is 587 g/mol.